The van der Waals surface area contributed by atoms with E-state index in [0.717, 1.165) is 5.56 Å². The van der Waals surface area contributed by atoms with Crippen molar-refractivity contribution in [2.24, 2.45) is 0 Å². The molecule has 0 aliphatic carbocycles. The summed E-state index contributed by atoms with van der Waals surface area (Å²) in [5, 5.41) is 9.96. The van der Waals surface area contributed by atoms with E-state index in [2.05, 4.69) is 0 Å². The van der Waals surface area contributed by atoms with E-state index in [9.17, 15) is 14.9 Å². The fourth-order valence-electron chi connectivity index (χ4n) is 1.74. The average molecular weight is 313 g/mol. The maximum absolute atomic E-state index is 11.7. The second-order valence-electron chi connectivity index (χ2n) is 4.31. The standard InChI is InChI=1S/C14H19NO5S/c1-4-20-14(16)10(2)21-13(9-15(17)18)11-5-7-12(19-3)8-6-11/h5-8,10,13H,4,9H2,1-3H3. The molecule has 2 atom stereocenters. The zero-order valence-electron chi connectivity index (χ0n) is 12.3. The number of ether oxygens (including phenoxy) is 2. The molecule has 0 aliphatic rings. The lowest BCUT2D eigenvalue weighted by molar-refractivity contribution is -0.479. The number of rotatable bonds is 8. The van der Waals surface area contributed by atoms with Crippen LogP contribution >= 0.6 is 11.8 Å². The molecule has 0 bridgehead atoms. The van der Waals surface area contributed by atoms with Crippen molar-refractivity contribution in [1.29, 1.82) is 0 Å². The molecule has 1 aromatic carbocycles. The second-order valence-corrected chi connectivity index (χ2v) is 5.86. The van der Waals surface area contributed by atoms with Crippen LogP contribution in [0.5, 0.6) is 5.75 Å². The molecule has 0 saturated carbocycles. The van der Waals surface area contributed by atoms with Gasteiger partial charge in [0.2, 0.25) is 6.54 Å². The van der Waals surface area contributed by atoms with Crippen molar-refractivity contribution in [2.75, 3.05) is 20.3 Å². The maximum atomic E-state index is 11.7. The first-order valence-corrected chi connectivity index (χ1v) is 7.50. The van der Waals surface area contributed by atoms with Crippen LogP contribution in [-0.2, 0) is 9.53 Å². The molecule has 6 nitrogen and oxygen atoms in total. The topological polar surface area (TPSA) is 78.7 Å². The van der Waals surface area contributed by atoms with E-state index in [0.29, 0.717) is 12.4 Å². The smallest absolute Gasteiger partial charge is 0.318 e. The molecule has 1 aromatic rings. The zero-order chi connectivity index (χ0) is 15.8. The van der Waals surface area contributed by atoms with E-state index in [1.807, 2.05) is 0 Å². The van der Waals surface area contributed by atoms with Crippen LogP contribution in [0.4, 0.5) is 0 Å². The van der Waals surface area contributed by atoms with Crippen molar-refractivity contribution < 1.29 is 19.2 Å². The number of methoxy groups -OCH3 is 1. The van der Waals surface area contributed by atoms with Crippen molar-refractivity contribution in [3.63, 3.8) is 0 Å². The largest absolute Gasteiger partial charge is 0.497 e. The third-order valence-electron chi connectivity index (χ3n) is 2.79. The molecule has 0 fully saturated rings. The highest BCUT2D eigenvalue weighted by molar-refractivity contribution is 8.00. The number of carbonyl (C=O) groups excluding carboxylic acids is 1. The Morgan fingerprint density at radius 3 is 2.48 bits per heavy atom. The number of benzene rings is 1. The van der Waals surface area contributed by atoms with Crippen LogP contribution in [0.25, 0.3) is 0 Å². The highest BCUT2D eigenvalue weighted by Gasteiger charge is 2.25. The van der Waals surface area contributed by atoms with Gasteiger partial charge in [0.1, 0.15) is 11.0 Å². The molecule has 0 amide bonds. The number of carbonyl (C=O) groups is 1. The van der Waals surface area contributed by atoms with Gasteiger partial charge in [-0.3, -0.25) is 14.9 Å². The summed E-state index contributed by atoms with van der Waals surface area (Å²) in [6, 6.07) is 7.05. The Labute approximate surface area is 128 Å². The van der Waals surface area contributed by atoms with Gasteiger partial charge in [0.15, 0.2) is 0 Å². The van der Waals surface area contributed by atoms with Crippen LogP contribution in [0.3, 0.4) is 0 Å². The molecule has 0 aromatic heterocycles. The van der Waals surface area contributed by atoms with Gasteiger partial charge in [-0.05, 0) is 31.5 Å². The number of hydrogen-bond acceptors (Lipinski definition) is 6. The lowest BCUT2D eigenvalue weighted by Crippen LogP contribution is -2.20. The molecule has 0 aliphatic heterocycles. The molecular weight excluding hydrogens is 294 g/mol. The Balaban J connectivity index is 2.83. The van der Waals surface area contributed by atoms with E-state index in [1.54, 1.807) is 45.2 Å². The Bertz CT molecular complexity index is 477. The lowest BCUT2D eigenvalue weighted by Gasteiger charge is -2.17. The Kier molecular flexibility index (Phi) is 7.01. The van der Waals surface area contributed by atoms with Gasteiger partial charge in [0.25, 0.3) is 0 Å². The van der Waals surface area contributed by atoms with Crippen molar-refractivity contribution >= 4 is 17.7 Å². The molecular formula is C14H19NO5S. The predicted octanol–water partition coefficient (Wildman–Crippen LogP) is 2.70. The van der Waals surface area contributed by atoms with Crippen LogP contribution in [-0.4, -0.2) is 36.4 Å². The molecule has 2 unspecified atom stereocenters. The fourth-order valence-corrected chi connectivity index (χ4v) is 2.94. The molecule has 0 heterocycles. The van der Waals surface area contributed by atoms with Crippen LogP contribution < -0.4 is 4.74 Å². The van der Waals surface area contributed by atoms with Crippen molar-refractivity contribution in [3.8, 4) is 5.75 Å². The quantitative estimate of drug-likeness (QED) is 0.417. The molecule has 0 N–H and O–H groups in total. The molecule has 7 heteroatoms. The van der Waals surface area contributed by atoms with Crippen molar-refractivity contribution in [3.05, 3.63) is 39.9 Å². The first-order chi connectivity index (χ1) is 9.97. The van der Waals surface area contributed by atoms with Gasteiger partial charge >= 0.3 is 5.97 Å². The number of hydrogen-bond donors (Lipinski definition) is 0. The summed E-state index contributed by atoms with van der Waals surface area (Å²) in [5.74, 6) is 0.325. The summed E-state index contributed by atoms with van der Waals surface area (Å²) in [6.45, 7) is 3.47. The first kappa shape index (κ1) is 17.3. The summed E-state index contributed by atoms with van der Waals surface area (Å²) >= 11 is 1.23. The summed E-state index contributed by atoms with van der Waals surface area (Å²) < 4.78 is 10.00. The summed E-state index contributed by atoms with van der Waals surface area (Å²) in [6.07, 6.45) is 0. The van der Waals surface area contributed by atoms with Gasteiger partial charge in [-0.2, -0.15) is 0 Å². The number of thioether (sulfide) groups is 1. The van der Waals surface area contributed by atoms with Gasteiger partial charge < -0.3 is 9.47 Å². The third kappa shape index (κ3) is 5.63. The number of esters is 1. The average Bonchev–Trinajstić information content (AvgIpc) is 2.46. The van der Waals surface area contributed by atoms with Crippen molar-refractivity contribution in [1.82, 2.24) is 0 Å². The molecule has 1 rings (SSSR count). The normalized spacial score (nSPS) is 13.3. The van der Waals surface area contributed by atoms with E-state index in [4.69, 9.17) is 9.47 Å². The number of nitro groups is 1. The van der Waals surface area contributed by atoms with E-state index in [1.165, 1.54) is 11.8 Å². The Hall–Kier alpha value is -1.76. The highest BCUT2D eigenvalue weighted by atomic mass is 32.2. The zero-order valence-corrected chi connectivity index (χ0v) is 13.1. The van der Waals surface area contributed by atoms with Crippen LogP contribution in [0.1, 0.15) is 24.7 Å². The van der Waals surface area contributed by atoms with Crippen LogP contribution in [0.15, 0.2) is 24.3 Å². The first-order valence-electron chi connectivity index (χ1n) is 6.55. The van der Waals surface area contributed by atoms with Crippen LogP contribution in [0.2, 0.25) is 0 Å². The molecule has 0 saturated heterocycles. The van der Waals surface area contributed by atoms with Gasteiger partial charge in [-0.15, -0.1) is 11.8 Å². The predicted molar refractivity (Wildman–Crippen MR) is 81.3 cm³/mol. The fraction of sp³-hybridized carbons (Fsp3) is 0.500. The van der Waals surface area contributed by atoms with Crippen LogP contribution in [0, 0.1) is 10.1 Å². The minimum absolute atomic E-state index is 0.249. The minimum atomic E-state index is -0.461. The molecule has 0 spiro atoms. The Morgan fingerprint density at radius 2 is 2.00 bits per heavy atom. The van der Waals surface area contributed by atoms with E-state index < -0.39 is 10.5 Å². The van der Waals surface area contributed by atoms with Crippen molar-refractivity contribution in [2.45, 2.75) is 24.3 Å². The summed E-state index contributed by atoms with van der Waals surface area (Å²) in [5.41, 5.74) is 0.786. The lowest BCUT2D eigenvalue weighted by atomic mass is 10.1. The molecule has 116 valence electrons. The second kappa shape index (κ2) is 8.51. The monoisotopic (exact) mass is 313 g/mol. The van der Waals surface area contributed by atoms with Gasteiger partial charge in [-0.25, -0.2) is 0 Å². The summed E-state index contributed by atoms with van der Waals surface area (Å²) in [4.78, 5) is 22.1. The minimum Gasteiger partial charge on any atom is -0.497 e. The van der Waals surface area contributed by atoms with Gasteiger partial charge in [-0.1, -0.05) is 12.1 Å². The summed E-state index contributed by atoms with van der Waals surface area (Å²) in [7, 11) is 1.56. The van der Waals surface area contributed by atoms with Gasteiger partial charge in [0.05, 0.1) is 19.0 Å². The third-order valence-corrected chi connectivity index (χ3v) is 4.14. The SMILES string of the molecule is CCOC(=O)C(C)SC(C[N+](=O)[O-])c1ccc(OC)cc1. The van der Waals surface area contributed by atoms with E-state index >= 15 is 0 Å². The van der Waals surface area contributed by atoms with E-state index in [-0.39, 0.29) is 17.4 Å². The molecule has 0 radical (unpaired) electrons. The Morgan fingerprint density at radius 1 is 1.38 bits per heavy atom. The van der Waals surface area contributed by atoms with Gasteiger partial charge in [0, 0.05) is 4.92 Å². The highest BCUT2D eigenvalue weighted by Crippen LogP contribution is 2.33. The molecule has 21 heavy (non-hydrogen) atoms. The maximum Gasteiger partial charge on any atom is 0.318 e. The number of nitrogens with zero attached hydrogens (tertiary/aromatic N) is 1.